The molecule has 0 N–H and O–H groups in total. The van der Waals surface area contributed by atoms with Gasteiger partial charge in [0, 0.05) is 5.38 Å². The highest BCUT2D eigenvalue weighted by Gasteiger charge is 2.12. The van der Waals surface area contributed by atoms with Gasteiger partial charge < -0.3 is 0 Å². The summed E-state index contributed by atoms with van der Waals surface area (Å²) in [5, 5.41) is 13.5. The Morgan fingerprint density at radius 3 is 3.00 bits per heavy atom. The second-order valence-corrected chi connectivity index (χ2v) is 3.87. The molecule has 3 heterocycles. The van der Waals surface area contributed by atoms with E-state index in [9.17, 15) is 0 Å². The van der Waals surface area contributed by atoms with E-state index in [0.717, 1.165) is 0 Å². The Morgan fingerprint density at radius 1 is 1.27 bits per heavy atom. The van der Waals surface area contributed by atoms with Gasteiger partial charge in [-0.25, -0.2) is 9.61 Å². The van der Waals surface area contributed by atoms with Crippen LogP contribution in [0.5, 0.6) is 0 Å². The van der Waals surface area contributed by atoms with Gasteiger partial charge in [0.25, 0.3) is 0 Å². The Bertz CT molecular complexity index is 495. The predicted molar refractivity (Wildman–Crippen MR) is 52.1 cm³/mol. The van der Waals surface area contributed by atoms with E-state index in [1.165, 1.54) is 29.3 Å². The number of rotatable bonds is 2. The second-order valence-electron chi connectivity index (χ2n) is 2.51. The van der Waals surface area contributed by atoms with Crippen LogP contribution in [0.4, 0.5) is 0 Å². The van der Waals surface area contributed by atoms with Crippen LogP contribution < -0.4 is 0 Å². The first-order chi connectivity index (χ1) is 7.43. The van der Waals surface area contributed by atoms with Gasteiger partial charge in [0.1, 0.15) is 11.9 Å². The van der Waals surface area contributed by atoms with Gasteiger partial charge in [-0.05, 0) is 28.2 Å². The molecule has 0 saturated heterocycles. The van der Waals surface area contributed by atoms with Crippen LogP contribution in [-0.4, -0.2) is 29.3 Å². The van der Waals surface area contributed by atoms with Crippen LogP contribution >= 0.6 is 23.1 Å². The summed E-state index contributed by atoms with van der Waals surface area (Å²) in [6.07, 6.45) is 1.49. The maximum absolute atomic E-state index is 4.48. The quantitative estimate of drug-likeness (QED) is 0.660. The molecule has 0 bridgehead atoms. The maximum Gasteiger partial charge on any atom is 0.194 e. The fourth-order valence-corrected chi connectivity index (χ4v) is 2.01. The van der Waals surface area contributed by atoms with Gasteiger partial charge >= 0.3 is 0 Å². The molecule has 0 saturated carbocycles. The molecule has 0 spiro atoms. The van der Waals surface area contributed by atoms with Gasteiger partial charge in [0.2, 0.25) is 0 Å². The minimum absolute atomic E-state index is 0.548. The fraction of sp³-hybridized carbons (Fsp3) is 0. The molecule has 0 atom stereocenters. The van der Waals surface area contributed by atoms with Gasteiger partial charge in [-0.15, -0.1) is 5.10 Å². The molecule has 7 nitrogen and oxygen atoms in total. The van der Waals surface area contributed by atoms with Gasteiger partial charge in [-0.1, -0.05) is 9.64 Å². The van der Waals surface area contributed by atoms with E-state index in [1.54, 1.807) is 5.38 Å². The molecule has 0 radical (unpaired) electrons. The topological polar surface area (TPSA) is 90.5 Å². The molecule has 0 fully saturated rings. The minimum Gasteiger partial charge on any atom is -0.244 e. The zero-order valence-electron chi connectivity index (χ0n) is 7.06. The molecule has 3 rings (SSSR count). The van der Waals surface area contributed by atoms with E-state index in [-0.39, 0.29) is 0 Å². The highest BCUT2D eigenvalue weighted by molar-refractivity contribution is 7.09. The SMILES string of the molecule is c1snnc1-c1nsc(-c2cnon2)n1. The van der Waals surface area contributed by atoms with Crippen molar-refractivity contribution >= 4 is 23.1 Å². The van der Waals surface area contributed by atoms with E-state index in [2.05, 4.69) is 33.9 Å². The van der Waals surface area contributed by atoms with Crippen LogP contribution in [0.15, 0.2) is 16.2 Å². The van der Waals surface area contributed by atoms with Gasteiger partial charge in [-0.3, -0.25) is 0 Å². The average molecular weight is 238 g/mol. The minimum atomic E-state index is 0.548. The summed E-state index contributed by atoms with van der Waals surface area (Å²) in [4.78, 5) is 4.24. The number of hydrogen-bond acceptors (Lipinski definition) is 9. The molecule has 9 heteroatoms. The molecule has 0 aliphatic carbocycles. The summed E-state index contributed by atoms with van der Waals surface area (Å²) in [5.74, 6) is 0.548. The first-order valence-corrected chi connectivity index (χ1v) is 5.43. The summed E-state index contributed by atoms with van der Waals surface area (Å²) in [5.41, 5.74) is 1.24. The van der Waals surface area contributed by atoms with Crippen LogP contribution in [0.1, 0.15) is 0 Å². The van der Waals surface area contributed by atoms with Crippen molar-refractivity contribution in [3.8, 4) is 22.2 Å². The summed E-state index contributed by atoms with van der Waals surface area (Å²) < 4.78 is 12.4. The van der Waals surface area contributed by atoms with Crippen molar-refractivity contribution < 1.29 is 4.63 Å². The molecule has 0 aliphatic rings. The third-order valence-corrected chi connectivity index (χ3v) is 2.84. The fourth-order valence-electron chi connectivity index (χ4n) is 0.952. The van der Waals surface area contributed by atoms with Crippen molar-refractivity contribution in [2.45, 2.75) is 0 Å². The normalized spacial score (nSPS) is 10.7. The molecule has 3 aromatic heterocycles. The van der Waals surface area contributed by atoms with E-state index in [0.29, 0.717) is 22.2 Å². The number of hydrogen-bond donors (Lipinski definition) is 0. The monoisotopic (exact) mass is 238 g/mol. The molecular weight excluding hydrogens is 236 g/mol. The number of aromatic nitrogens is 6. The Balaban J connectivity index is 2.02. The lowest BCUT2D eigenvalue weighted by Crippen LogP contribution is -1.81. The van der Waals surface area contributed by atoms with E-state index < -0.39 is 0 Å². The average Bonchev–Trinajstić information content (AvgIpc) is 3.02. The third kappa shape index (κ3) is 1.51. The Morgan fingerprint density at radius 2 is 2.27 bits per heavy atom. The van der Waals surface area contributed by atoms with Crippen LogP contribution in [0.25, 0.3) is 22.2 Å². The van der Waals surface area contributed by atoms with Crippen molar-refractivity contribution in [3.05, 3.63) is 11.6 Å². The van der Waals surface area contributed by atoms with Crippen LogP contribution in [0, 0.1) is 0 Å². The molecule has 0 amide bonds. The molecule has 0 aromatic carbocycles. The standard InChI is InChI=1S/C6H2N6OS2/c1-3(10-13-7-1)6-8-5(11-15-6)4-2-14-12-9-4/h1-2H. The lowest BCUT2D eigenvalue weighted by molar-refractivity contribution is 0.308. The Labute approximate surface area is 91.1 Å². The van der Waals surface area contributed by atoms with Crippen LogP contribution in [0.2, 0.25) is 0 Å². The predicted octanol–water partition coefficient (Wildman–Crippen LogP) is 1.11. The molecule has 15 heavy (non-hydrogen) atoms. The zero-order chi connectivity index (χ0) is 10.1. The maximum atomic E-state index is 4.48. The first kappa shape index (κ1) is 8.56. The second kappa shape index (κ2) is 3.44. The molecule has 0 aliphatic heterocycles. The lowest BCUT2D eigenvalue weighted by Gasteiger charge is -1.82. The summed E-state index contributed by atoms with van der Waals surface area (Å²) in [6, 6.07) is 0. The summed E-state index contributed by atoms with van der Waals surface area (Å²) >= 11 is 2.48. The van der Waals surface area contributed by atoms with Gasteiger partial charge in [0.05, 0.1) is 0 Å². The molecule has 0 unspecified atom stereocenters. The Kier molecular flexibility index (Phi) is 1.96. The van der Waals surface area contributed by atoms with E-state index in [1.807, 2.05) is 0 Å². The Hall–Kier alpha value is -1.74. The first-order valence-electron chi connectivity index (χ1n) is 3.82. The lowest BCUT2D eigenvalue weighted by atomic mass is 10.4. The third-order valence-electron chi connectivity index (χ3n) is 1.60. The molecular formula is C6H2N6OS2. The zero-order valence-corrected chi connectivity index (χ0v) is 8.70. The van der Waals surface area contributed by atoms with Gasteiger partial charge in [0.15, 0.2) is 16.5 Å². The van der Waals surface area contributed by atoms with Crippen molar-refractivity contribution in [2.75, 3.05) is 0 Å². The highest BCUT2D eigenvalue weighted by atomic mass is 32.1. The summed E-state index contributed by atoms with van der Waals surface area (Å²) in [6.45, 7) is 0. The molecule has 3 aromatic rings. The van der Waals surface area contributed by atoms with Crippen molar-refractivity contribution in [3.63, 3.8) is 0 Å². The van der Waals surface area contributed by atoms with Crippen LogP contribution in [-0.2, 0) is 0 Å². The smallest absolute Gasteiger partial charge is 0.194 e. The van der Waals surface area contributed by atoms with E-state index in [4.69, 9.17) is 0 Å². The highest BCUT2D eigenvalue weighted by Crippen LogP contribution is 2.23. The van der Waals surface area contributed by atoms with Crippen LogP contribution in [0.3, 0.4) is 0 Å². The van der Waals surface area contributed by atoms with E-state index >= 15 is 0 Å². The summed E-state index contributed by atoms with van der Waals surface area (Å²) in [7, 11) is 0. The van der Waals surface area contributed by atoms with Crippen molar-refractivity contribution in [2.24, 2.45) is 0 Å². The largest absolute Gasteiger partial charge is 0.244 e. The number of nitrogens with zero attached hydrogens (tertiary/aromatic N) is 6. The van der Waals surface area contributed by atoms with Gasteiger partial charge in [-0.2, -0.15) is 4.37 Å². The molecule has 74 valence electrons. The van der Waals surface area contributed by atoms with Crippen molar-refractivity contribution in [1.82, 2.24) is 29.3 Å². The van der Waals surface area contributed by atoms with Crippen molar-refractivity contribution in [1.29, 1.82) is 0 Å².